The molecule has 5 rings (SSSR count). The lowest BCUT2D eigenvalue weighted by Crippen LogP contribution is -2.46. The standard InChI is InChI=1S/C27H31ClN2O5/c1-32-24-18-21-8-11-30(26(31)7-6-20-4-2-3-5-22(20)28)23(21)19-25(24)33-15-14-29-12-9-27(10-13-29)34-16-17-35-27/h2-7,18-19H,8-17H2,1H3/b7-6+. The van der Waals surface area contributed by atoms with Gasteiger partial charge in [0.2, 0.25) is 0 Å². The van der Waals surface area contributed by atoms with E-state index in [9.17, 15) is 4.79 Å². The van der Waals surface area contributed by atoms with E-state index < -0.39 is 0 Å². The molecule has 7 nitrogen and oxygen atoms in total. The molecule has 35 heavy (non-hydrogen) atoms. The van der Waals surface area contributed by atoms with Crippen LogP contribution >= 0.6 is 11.6 Å². The van der Waals surface area contributed by atoms with Gasteiger partial charge in [-0.15, -0.1) is 0 Å². The summed E-state index contributed by atoms with van der Waals surface area (Å²) in [6.07, 6.45) is 5.87. The first-order valence-corrected chi connectivity index (χ1v) is 12.5. The van der Waals surface area contributed by atoms with Gasteiger partial charge in [0.15, 0.2) is 17.3 Å². The molecule has 1 spiro atoms. The van der Waals surface area contributed by atoms with Crippen molar-refractivity contribution in [2.45, 2.75) is 25.0 Å². The Morgan fingerprint density at radius 2 is 1.89 bits per heavy atom. The number of amides is 1. The predicted molar refractivity (Wildman–Crippen MR) is 135 cm³/mol. The van der Waals surface area contributed by atoms with Crippen LogP contribution in [0.1, 0.15) is 24.0 Å². The first-order valence-electron chi connectivity index (χ1n) is 12.1. The number of piperidine rings is 1. The molecular formula is C27H31ClN2O5. The SMILES string of the molecule is COc1cc2c(cc1OCCN1CCC3(CC1)OCCO3)N(C(=O)/C=C/c1ccccc1Cl)CC2. The van der Waals surface area contributed by atoms with Crippen molar-refractivity contribution >= 4 is 29.3 Å². The number of halogens is 1. The Labute approximate surface area is 211 Å². The highest BCUT2D eigenvalue weighted by atomic mass is 35.5. The Balaban J connectivity index is 1.21. The summed E-state index contributed by atoms with van der Waals surface area (Å²) in [5, 5.41) is 0.617. The van der Waals surface area contributed by atoms with E-state index in [0.29, 0.717) is 42.9 Å². The Bertz CT molecular complexity index is 1090. The molecule has 2 aromatic carbocycles. The molecule has 2 aromatic rings. The van der Waals surface area contributed by atoms with E-state index in [1.165, 1.54) is 0 Å². The van der Waals surface area contributed by atoms with Crippen molar-refractivity contribution in [2.75, 3.05) is 58.0 Å². The van der Waals surface area contributed by atoms with Gasteiger partial charge in [0.05, 0.1) is 26.0 Å². The maximum Gasteiger partial charge on any atom is 0.251 e. The molecule has 0 bridgehead atoms. The zero-order valence-corrected chi connectivity index (χ0v) is 20.8. The van der Waals surface area contributed by atoms with Crippen LogP contribution in [-0.4, -0.2) is 69.7 Å². The normalized spacial score (nSPS) is 19.4. The zero-order chi connectivity index (χ0) is 24.3. The van der Waals surface area contributed by atoms with Crippen molar-refractivity contribution in [3.63, 3.8) is 0 Å². The van der Waals surface area contributed by atoms with Gasteiger partial charge in [-0.2, -0.15) is 0 Å². The average molecular weight is 499 g/mol. The third-order valence-electron chi connectivity index (χ3n) is 6.93. The molecule has 186 valence electrons. The average Bonchev–Trinajstić information content (AvgIpc) is 3.51. The molecule has 0 aliphatic carbocycles. The van der Waals surface area contributed by atoms with Crippen LogP contribution in [0.4, 0.5) is 5.69 Å². The maximum absolute atomic E-state index is 13.0. The summed E-state index contributed by atoms with van der Waals surface area (Å²) in [6, 6.07) is 11.4. The molecule has 0 saturated carbocycles. The van der Waals surface area contributed by atoms with E-state index in [1.54, 1.807) is 24.2 Å². The number of benzene rings is 2. The highest BCUT2D eigenvalue weighted by Gasteiger charge is 2.39. The van der Waals surface area contributed by atoms with E-state index in [4.69, 9.17) is 30.5 Å². The first-order chi connectivity index (χ1) is 17.1. The number of carbonyl (C=O) groups is 1. The van der Waals surface area contributed by atoms with Gasteiger partial charge in [-0.3, -0.25) is 9.69 Å². The smallest absolute Gasteiger partial charge is 0.251 e. The maximum atomic E-state index is 13.0. The van der Waals surface area contributed by atoms with Crippen molar-refractivity contribution in [1.82, 2.24) is 4.90 Å². The lowest BCUT2D eigenvalue weighted by Gasteiger charge is -2.37. The predicted octanol–water partition coefficient (Wildman–Crippen LogP) is 4.17. The van der Waals surface area contributed by atoms with Crippen molar-refractivity contribution in [3.05, 3.63) is 58.6 Å². The van der Waals surface area contributed by atoms with Crippen LogP contribution < -0.4 is 14.4 Å². The van der Waals surface area contributed by atoms with E-state index >= 15 is 0 Å². The summed E-state index contributed by atoms with van der Waals surface area (Å²) in [5.41, 5.74) is 2.76. The molecule has 1 amide bonds. The Morgan fingerprint density at radius 3 is 2.63 bits per heavy atom. The van der Waals surface area contributed by atoms with Gasteiger partial charge in [-0.25, -0.2) is 0 Å². The van der Waals surface area contributed by atoms with Gasteiger partial charge in [0, 0.05) is 56.2 Å². The van der Waals surface area contributed by atoms with Crippen molar-refractivity contribution in [1.29, 1.82) is 0 Å². The quantitative estimate of drug-likeness (QED) is 0.534. The summed E-state index contributed by atoms with van der Waals surface area (Å²) in [6.45, 7) is 5.18. The number of carbonyl (C=O) groups excluding carboxylic acids is 1. The molecule has 3 heterocycles. The van der Waals surface area contributed by atoms with E-state index in [1.807, 2.05) is 36.4 Å². The van der Waals surface area contributed by atoms with Crippen LogP contribution in [0.2, 0.25) is 5.02 Å². The summed E-state index contributed by atoms with van der Waals surface area (Å²) in [5.74, 6) is 0.891. The minimum Gasteiger partial charge on any atom is -0.493 e. The monoisotopic (exact) mass is 498 g/mol. The molecule has 3 aliphatic heterocycles. The number of fused-ring (bicyclic) bond motifs is 1. The van der Waals surface area contributed by atoms with Gasteiger partial charge < -0.3 is 23.8 Å². The van der Waals surface area contributed by atoms with Crippen LogP contribution in [0.15, 0.2) is 42.5 Å². The van der Waals surface area contributed by atoms with Crippen molar-refractivity contribution in [2.24, 2.45) is 0 Å². The van der Waals surface area contributed by atoms with Crippen LogP contribution in [0.3, 0.4) is 0 Å². The van der Waals surface area contributed by atoms with E-state index in [2.05, 4.69) is 4.90 Å². The van der Waals surface area contributed by atoms with Crippen LogP contribution in [0.5, 0.6) is 11.5 Å². The second kappa shape index (κ2) is 10.6. The minimum atomic E-state index is -0.364. The summed E-state index contributed by atoms with van der Waals surface area (Å²) < 4.78 is 23.4. The fraction of sp³-hybridized carbons (Fsp3) is 0.444. The van der Waals surface area contributed by atoms with Crippen molar-refractivity contribution in [3.8, 4) is 11.5 Å². The summed E-state index contributed by atoms with van der Waals surface area (Å²) in [4.78, 5) is 17.1. The molecule has 0 N–H and O–H groups in total. The highest BCUT2D eigenvalue weighted by Crippen LogP contribution is 2.39. The Morgan fingerprint density at radius 1 is 1.11 bits per heavy atom. The zero-order valence-electron chi connectivity index (χ0n) is 20.0. The van der Waals surface area contributed by atoms with Crippen LogP contribution in [0, 0.1) is 0 Å². The Hall–Kier alpha value is -2.58. The third-order valence-corrected chi connectivity index (χ3v) is 7.28. The third kappa shape index (κ3) is 5.33. The molecule has 0 unspecified atom stereocenters. The van der Waals surface area contributed by atoms with Gasteiger partial charge >= 0.3 is 0 Å². The second-order valence-corrected chi connectivity index (χ2v) is 9.43. The van der Waals surface area contributed by atoms with Crippen LogP contribution in [0.25, 0.3) is 6.08 Å². The van der Waals surface area contributed by atoms with Crippen molar-refractivity contribution < 1.29 is 23.7 Å². The first kappa shape index (κ1) is 24.1. The lowest BCUT2D eigenvalue weighted by molar-refractivity contribution is -0.185. The van der Waals surface area contributed by atoms with Gasteiger partial charge in [-0.05, 0) is 35.8 Å². The fourth-order valence-corrected chi connectivity index (χ4v) is 5.14. The fourth-order valence-electron chi connectivity index (χ4n) is 4.95. The van der Waals surface area contributed by atoms with Gasteiger partial charge in [0.25, 0.3) is 5.91 Å². The van der Waals surface area contributed by atoms with Gasteiger partial charge in [-0.1, -0.05) is 29.8 Å². The minimum absolute atomic E-state index is 0.0848. The molecule has 8 heteroatoms. The van der Waals surface area contributed by atoms with Gasteiger partial charge in [0.1, 0.15) is 6.61 Å². The summed E-state index contributed by atoms with van der Waals surface area (Å²) in [7, 11) is 1.64. The number of methoxy groups -OCH3 is 1. The summed E-state index contributed by atoms with van der Waals surface area (Å²) >= 11 is 6.22. The highest BCUT2D eigenvalue weighted by molar-refractivity contribution is 6.32. The number of rotatable bonds is 7. The molecule has 2 fully saturated rings. The largest absolute Gasteiger partial charge is 0.493 e. The number of nitrogens with zero attached hydrogens (tertiary/aromatic N) is 2. The van der Waals surface area contributed by atoms with Crippen LogP contribution in [-0.2, 0) is 20.7 Å². The molecule has 0 radical (unpaired) electrons. The number of hydrogen-bond acceptors (Lipinski definition) is 6. The number of likely N-dealkylation sites (tertiary alicyclic amines) is 1. The van der Waals surface area contributed by atoms with E-state index in [-0.39, 0.29) is 11.7 Å². The topological polar surface area (TPSA) is 60.5 Å². The molecule has 0 aromatic heterocycles. The lowest BCUT2D eigenvalue weighted by atomic mass is 10.0. The Kier molecular flexibility index (Phi) is 7.29. The molecule has 3 aliphatic rings. The van der Waals surface area contributed by atoms with E-state index in [0.717, 1.165) is 55.7 Å². The molecule has 2 saturated heterocycles. The number of hydrogen-bond donors (Lipinski definition) is 0. The number of ether oxygens (including phenoxy) is 4. The number of anilines is 1. The molecular weight excluding hydrogens is 468 g/mol. The second-order valence-electron chi connectivity index (χ2n) is 9.02. The molecule has 0 atom stereocenters.